The Hall–Kier alpha value is -3.83. The third-order valence-electron chi connectivity index (χ3n) is 6.25. The summed E-state index contributed by atoms with van der Waals surface area (Å²) in [6.07, 6.45) is 3.50. The smallest absolute Gasteiger partial charge is 0.262 e. The highest BCUT2D eigenvalue weighted by molar-refractivity contribution is 7.99. The predicted molar refractivity (Wildman–Crippen MR) is 155 cm³/mol. The molecule has 1 amide bonds. The Morgan fingerprint density at radius 2 is 1.85 bits per heavy atom. The number of thioether (sulfide) groups is 1. The van der Waals surface area contributed by atoms with E-state index in [-0.39, 0.29) is 16.6 Å². The highest BCUT2D eigenvalue weighted by atomic mass is 32.2. The quantitative estimate of drug-likeness (QED) is 0.291. The Bertz CT molecular complexity index is 1610. The molecule has 1 aliphatic rings. The number of nitrogens with zero attached hydrogens (tertiary/aromatic N) is 3. The fraction of sp³-hybridized carbons (Fsp3) is 0.250. The fourth-order valence-electron chi connectivity index (χ4n) is 4.32. The van der Waals surface area contributed by atoms with E-state index in [0.717, 1.165) is 41.7 Å². The lowest BCUT2D eigenvalue weighted by molar-refractivity contribution is -0.113. The number of para-hydroxylation sites is 2. The van der Waals surface area contributed by atoms with Gasteiger partial charge in [0.25, 0.3) is 10.0 Å². The number of rotatable bonds is 8. The maximum Gasteiger partial charge on any atom is 0.262 e. The molecular weight excluding hydrogens is 534 g/mol. The topological polar surface area (TPSA) is 115 Å². The van der Waals surface area contributed by atoms with Crippen molar-refractivity contribution in [3.05, 3.63) is 72.8 Å². The van der Waals surface area contributed by atoms with Crippen molar-refractivity contribution in [1.82, 2.24) is 14.3 Å². The van der Waals surface area contributed by atoms with Crippen LogP contribution in [0.1, 0.15) is 25.7 Å². The van der Waals surface area contributed by atoms with Crippen LogP contribution in [0, 0.1) is 0 Å². The van der Waals surface area contributed by atoms with Crippen molar-refractivity contribution < 1.29 is 17.9 Å². The molecule has 0 radical (unpaired) electrons. The first-order valence-corrected chi connectivity index (χ1v) is 15.1. The summed E-state index contributed by atoms with van der Waals surface area (Å²) in [6.45, 7) is 0.623. The number of aliphatic imine (C=N–C) groups is 1. The van der Waals surface area contributed by atoms with Crippen LogP contribution in [-0.4, -0.2) is 49.1 Å². The molecule has 11 heteroatoms. The average Bonchev–Trinajstić information content (AvgIpc) is 3.12. The third-order valence-corrected chi connectivity index (χ3v) is 8.57. The van der Waals surface area contributed by atoms with Crippen LogP contribution in [0.4, 0.5) is 5.69 Å². The number of sulfonamides is 1. The van der Waals surface area contributed by atoms with Crippen molar-refractivity contribution in [3.63, 3.8) is 0 Å². The van der Waals surface area contributed by atoms with Gasteiger partial charge in [0.15, 0.2) is 5.16 Å². The zero-order chi connectivity index (χ0) is 27.2. The van der Waals surface area contributed by atoms with Crippen LogP contribution in [0.2, 0.25) is 0 Å². The van der Waals surface area contributed by atoms with E-state index in [1.807, 2.05) is 53.1 Å². The van der Waals surface area contributed by atoms with Gasteiger partial charge in [0.05, 0.1) is 28.8 Å². The molecule has 39 heavy (non-hydrogen) atoms. The molecular formula is C28H29N5O4S2. The second-order valence-corrected chi connectivity index (χ2v) is 11.7. The minimum Gasteiger partial charge on any atom is -0.497 e. The van der Waals surface area contributed by atoms with Crippen molar-refractivity contribution in [2.45, 2.75) is 35.7 Å². The first-order chi connectivity index (χ1) is 18.9. The van der Waals surface area contributed by atoms with Gasteiger partial charge in [-0.3, -0.25) is 19.1 Å². The second kappa shape index (κ2) is 11.9. The van der Waals surface area contributed by atoms with Crippen LogP contribution >= 0.6 is 11.8 Å². The number of nitrogens with one attached hydrogen (secondary N) is 2. The number of anilines is 1. The zero-order valence-electron chi connectivity index (χ0n) is 21.5. The van der Waals surface area contributed by atoms with Crippen LogP contribution < -0.4 is 14.8 Å². The molecule has 202 valence electrons. The molecule has 0 fully saturated rings. The molecule has 2 heterocycles. The number of benzene rings is 3. The summed E-state index contributed by atoms with van der Waals surface area (Å²) in [4.78, 5) is 22.0. The number of amides is 1. The first-order valence-electron chi connectivity index (χ1n) is 12.6. The van der Waals surface area contributed by atoms with Gasteiger partial charge >= 0.3 is 0 Å². The predicted octanol–water partition coefficient (Wildman–Crippen LogP) is 5.02. The van der Waals surface area contributed by atoms with Gasteiger partial charge in [-0.15, -0.1) is 0 Å². The van der Waals surface area contributed by atoms with Crippen molar-refractivity contribution in [1.29, 1.82) is 0 Å². The standard InChI is InChI=1S/C28H29N5O4S2/c1-37-22-15-13-21(14-16-22)33-25-11-5-4-10-24(25)31-28(33)38-19-27(34)30-20-8-7-9-23(18-20)39(35,36)32-26-12-3-2-6-17-29-26/h4-5,7-11,13-16,18H,2-3,6,12,17,19H2,1H3,(H,29,32)(H,30,34). The maximum absolute atomic E-state index is 12.9. The molecule has 0 atom stereocenters. The molecule has 3 aromatic carbocycles. The number of hydrogen-bond donors (Lipinski definition) is 2. The van der Waals surface area contributed by atoms with E-state index in [2.05, 4.69) is 15.0 Å². The van der Waals surface area contributed by atoms with E-state index in [1.165, 1.54) is 23.9 Å². The summed E-state index contributed by atoms with van der Waals surface area (Å²) in [6, 6.07) is 21.7. The Balaban J connectivity index is 1.29. The maximum atomic E-state index is 12.9. The summed E-state index contributed by atoms with van der Waals surface area (Å²) in [5.41, 5.74) is 3.04. The molecule has 1 aliphatic heterocycles. The second-order valence-electron chi connectivity index (χ2n) is 9.03. The minimum absolute atomic E-state index is 0.0706. The molecule has 0 aliphatic carbocycles. The number of carbonyl (C=O) groups excluding carboxylic acids is 1. The number of hydrogen-bond acceptors (Lipinski definition) is 7. The monoisotopic (exact) mass is 563 g/mol. The lowest BCUT2D eigenvalue weighted by Crippen LogP contribution is -2.30. The minimum atomic E-state index is -3.81. The van der Waals surface area contributed by atoms with E-state index >= 15 is 0 Å². The highest BCUT2D eigenvalue weighted by Crippen LogP contribution is 2.29. The van der Waals surface area contributed by atoms with Gasteiger partial charge in [0.2, 0.25) is 5.91 Å². The third kappa shape index (κ3) is 6.43. The molecule has 4 aromatic rings. The summed E-state index contributed by atoms with van der Waals surface area (Å²) >= 11 is 1.30. The Morgan fingerprint density at radius 3 is 2.67 bits per heavy atom. The molecule has 0 spiro atoms. The summed E-state index contributed by atoms with van der Waals surface area (Å²) in [7, 11) is -2.18. The van der Waals surface area contributed by atoms with E-state index in [0.29, 0.717) is 29.6 Å². The number of carbonyl (C=O) groups is 1. The largest absolute Gasteiger partial charge is 0.497 e. The van der Waals surface area contributed by atoms with Gasteiger partial charge < -0.3 is 10.1 Å². The lowest BCUT2D eigenvalue weighted by atomic mass is 10.2. The Kier molecular flexibility index (Phi) is 8.18. The number of ether oxygens (including phenoxy) is 1. The summed E-state index contributed by atoms with van der Waals surface area (Å²) in [5, 5.41) is 3.48. The highest BCUT2D eigenvalue weighted by Gasteiger charge is 2.19. The normalized spacial score (nSPS) is 13.9. The Labute approximate surface area is 231 Å². The number of aromatic nitrogens is 2. The fourth-order valence-corrected chi connectivity index (χ4v) is 6.28. The zero-order valence-corrected chi connectivity index (χ0v) is 23.1. The van der Waals surface area contributed by atoms with Crippen LogP contribution in [-0.2, 0) is 14.8 Å². The van der Waals surface area contributed by atoms with Crippen LogP contribution in [0.3, 0.4) is 0 Å². The first kappa shape index (κ1) is 26.8. The number of amidine groups is 1. The average molecular weight is 564 g/mol. The Morgan fingerprint density at radius 1 is 1.03 bits per heavy atom. The molecule has 9 nitrogen and oxygen atoms in total. The van der Waals surface area contributed by atoms with Gasteiger partial charge in [-0.2, -0.15) is 0 Å². The summed E-state index contributed by atoms with van der Waals surface area (Å²) in [5.74, 6) is 1.05. The van der Waals surface area contributed by atoms with Crippen molar-refractivity contribution in [3.8, 4) is 11.4 Å². The van der Waals surface area contributed by atoms with Gasteiger partial charge in [-0.1, -0.05) is 36.4 Å². The number of fused-ring (bicyclic) bond motifs is 1. The number of imidazole rings is 1. The van der Waals surface area contributed by atoms with Crippen LogP contribution in [0.25, 0.3) is 16.7 Å². The summed E-state index contributed by atoms with van der Waals surface area (Å²) < 4.78 is 35.8. The molecule has 0 unspecified atom stereocenters. The van der Waals surface area contributed by atoms with Gasteiger partial charge in [-0.25, -0.2) is 13.4 Å². The van der Waals surface area contributed by atoms with Crippen molar-refractivity contribution in [2.75, 3.05) is 24.7 Å². The van der Waals surface area contributed by atoms with Crippen LogP contribution in [0.15, 0.2) is 87.8 Å². The molecule has 2 N–H and O–H groups in total. The molecule has 0 bridgehead atoms. The molecule has 5 rings (SSSR count). The van der Waals surface area contributed by atoms with Gasteiger partial charge in [0, 0.05) is 24.3 Å². The van der Waals surface area contributed by atoms with Crippen molar-refractivity contribution >= 4 is 50.2 Å². The van der Waals surface area contributed by atoms with E-state index in [1.54, 1.807) is 19.2 Å². The number of methoxy groups -OCH3 is 1. The van der Waals surface area contributed by atoms with E-state index in [4.69, 9.17) is 9.72 Å². The van der Waals surface area contributed by atoms with E-state index in [9.17, 15) is 13.2 Å². The molecule has 0 saturated carbocycles. The van der Waals surface area contributed by atoms with Gasteiger partial charge in [-0.05, 0) is 67.4 Å². The van der Waals surface area contributed by atoms with Crippen LogP contribution in [0.5, 0.6) is 5.75 Å². The molecule has 0 saturated heterocycles. The molecule has 1 aromatic heterocycles. The van der Waals surface area contributed by atoms with Gasteiger partial charge in [0.1, 0.15) is 11.6 Å². The SMILES string of the molecule is COc1ccc(-n2c(SCC(=O)Nc3cccc(S(=O)(=O)NC4=NCCCCC4)c3)nc3ccccc32)cc1. The lowest BCUT2D eigenvalue weighted by Gasteiger charge is -2.12. The van der Waals surface area contributed by atoms with E-state index < -0.39 is 10.0 Å². The van der Waals surface area contributed by atoms with Crippen molar-refractivity contribution in [2.24, 2.45) is 4.99 Å².